The predicted octanol–water partition coefficient (Wildman–Crippen LogP) is 2.54. The van der Waals surface area contributed by atoms with Gasteiger partial charge in [-0.25, -0.2) is 4.98 Å². The zero-order chi connectivity index (χ0) is 19.3. The molecule has 0 saturated carbocycles. The third-order valence-corrected chi connectivity index (χ3v) is 5.15. The van der Waals surface area contributed by atoms with Crippen molar-refractivity contribution in [2.75, 3.05) is 32.7 Å². The van der Waals surface area contributed by atoms with E-state index in [1.165, 1.54) is 16.2 Å². The van der Waals surface area contributed by atoms with E-state index >= 15 is 0 Å². The first kappa shape index (κ1) is 25.6. The smallest absolute Gasteiger partial charge is 0.354 e. The minimum Gasteiger partial charge on any atom is -0.354 e. The lowest BCUT2D eigenvalue weighted by Gasteiger charge is -2.35. The van der Waals surface area contributed by atoms with E-state index in [-0.39, 0.29) is 31.2 Å². The summed E-state index contributed by atoms with van der Waals surface area (Å²) < 4.78 is 40.0. The molecule has 3 rings (SSSR count). The molecule has 3 heterocycles. The summed E-state index contributed by atoms with van der Waals surface area (Å²) >= 11 is 1.35. The number of halogens is 5. The summed E-state index contributed by atoms with van der Waals surface area (Å²) in [7, 11) is 0. The molecule has 0 spiro atoms. The molecule has 0 bridgehead atoms. The number of piperazine rings is 1. The molecule has 162 valence electrons. The van der Waals surface area contributed by atoms with Gasteiger partial charge >= 0.3 is 6.18 Å². The number of pyridine rings is 1. The van der Waals surface area contributed by atoms with Gasteiger partial charge in [-0.15, -0.1) is 36.2 Å². The van der Waals surface area contributed by atoms with Crippen LogP contribution in [0.4, 0.5) is 13.2 Å². The van der Waals surface area contributed by atoms with Crippen molar-refractivity contribution in [1.82, 2.24) is 25.5 Å². The van der Waals surface area contributed by atoms with Crippen LogP contribution in [0.25, 0.3) is 10.7 Å². The van der Waals surface area contributed by atoms with E-state index in [0.717, 1.165) is 0 Å². The molecule has 2 N–H and O–H groups in total. The van der Waals surface area contributed by atoms with Gasteiger partial charge in [0.25, 0.3) is 0 Å². The summed E-state index contributed by atoms with van der Waals surface area (Å²) in [5, 5.41) is 7.83. The number of hydrogen-bond donors (Lipinski definition) is 2. The molecule has 2 aromatic heterocycles. The number of carbonyl (C=O) groups is 1. The van der Waals surface area contributed by atoms with E-state index in [4.69, 9.17) is 0 Å². The lowest BCUT2D eigenvalue weighted by molar-refractivity contribution is -0.184. The van der Waals surface area contributed by atoms with E-state index < -0.39 is 24.7 Å². The van der Waals surface area contributed by atoms with Crippen molar-refractivity contribution in [3.63, 3.8) is 0 Å². The van der Waals surface area contributed by atoms with Crippen LogP contribution in [0.15, 0.2) is 29.8 Å². The summed E-state index contributed by atoms with van der Waals surface area (Å²) in [4.78, 5) is 22.0. The second kappa shape index (κ2) is 11.7. The Labute approximate surface area is 183 Å². The highest BCUT2D eigenvalue weighted by Crippen LogP contribution is 2.25. The highest BCUT2D eigenvalue weighted by molar-refractivity contribution is 7.13. The fourth-order valence-corrected chi connectivity index (χ4v) is 3.67. The van der Waals surface area contributed by atoms with Crippen LogP contribution < -0.4 is 10.6 Å². The molecule has 6 nitrogen and oxygen atoms in total. The first-order chi connectivity index (χ1) is 12.9. The number of amides is 1. The zero-order valence-electron chi connectivity index (χ0n) is 15.3. The first-order valence-electron chi connectivity index (χ1n) is 8.57. The van der Waals surface area contributed by atoms with Crippen molar-refractivity contribution >= 4 is 42.1 Å². The number of alkyl halides is 3. The van der Waals surface area contributed by atoms with E-state index in [1.807, 2.05) is 12.1 Å². The number of carbonyl (C=O) groups excluding carboxylic acids is 1. The summed E-state index contributed by atoms with van der Waals surface area (Å²) in [5.41, 5.74) is 1.22. The highest BCUT2D eigenvalue weighted by Gasteiger charge is 2.43. The van der Waals surface area contributed by atoms with Crippen molar-refractivity contribution < 1.29 is 18.0 Å². The largest absolute Gasteiger partial charge is 0.405 e. The number of nitrogens with zero attached hydrogens (tertiary/aromatic N) is 3. The maximum absolute atomic E-state index is 13.3. The number of hydrogen-bond acceptors (Lipinski definition) is 6. The molecule has 1 aliphatic heterocycles. The van der Waals surface area contributed by atoms with Crippen molar-refractivity contribution in [3.8, 4) is 10.7 Å². The highest BCUT2D eigenvalue weighted by atomic mass is 35.5. The third kappa shape index (κ3) is 7.38. The van der Waals surface area contributed by atoms with Crippen LogP contribution in [0.3, 0.4) is 0 Å². The van der Waals surface area contributed by atoms with Crippen LogP contribution in [0.2, 0.25) is 0 Å². The van der Waals surface area contributed by atoms with Crippen molar-refractivity contribution in [2.45, 2.75) is 18.6 Å². The maximum Gasteiger partial charge on any atom is 0.405 e. The van der Waals surface area contributed by atoms with Crippen LogP contribution in [0.1, 0.15) is 5.69 Å². The molecule has 0 aromatic carbocycles. The molecular formula is C17H22Cl2F3N5OS. The Morgan fingerprint density at radius 1 is 1.28 bits per heavy atom. The van der Waals surface area contributed by atoms with Crippen LogP contribution >= 0.6 is 36.2 Å². The molecule has 0 aliphatic carbocycles. The Kier molecular flexibility index (Phi) is 10.3. The molecule has 0 radical (unpaired) electrons. The zero-order valence-corrected chi connectivity index (χ0v) is 17.8. The monoisotopic (exact) mass is 471 g/mol. The molecule has 1 amide bonds. The quantitative estimate of drug-likeness (QED) is 0.677. The summed E-state index contributed by atoms with van der Waals surface area (Å²) in [5.74, 6) is -0.475. The second-order valence-corrected chi connectivity index (χ2v) is 7.04. The number of rotatable bonds is 6. The SMILES string of the molecule is Cl.Cl.O=C(Cc1csc(-c2ccccn2)n1)NCC(N1CCNCC1)C(F)(F)F. The van der Waals surface area contributed by atoms with Gasteiger partial charge in [0.1, 0.15) is 11.0 Å². The molecule has 1 fully saturated rings. The van der Waals surface area contributed by atoms with Gasteiger partial charge in [0, 0.05) is 44.3 Å². The molecule has 1 aliphatic rings. The van der Waals surface area contributed by atoms with Gasteiger partial charge in [-0.05, 0) is 12.1 Å². The van der Waals surface area contributed by atoms with Gasteiger partial charge in [0.05, 0.1) is 17.8 Å². The molecule has 1 saturated heterocycles. The van der Waals surface area contributed by atoms with E-state index in [0.29, 0.717) is 42.6 Å². The molecular weight excluding hydrogens is 450 g/mol. The predicted molar refractivity (Wildman–Crippen MR) is 111 cm³/mol. The number of nitrogens with one attached hydrogen (secondary N) is 2. The average Bonchev–Trinajstić information content (AvgIpc) is 3.11. The molecule has 29 heavy (non-hydrogen) atoms. The molecule has 1 unspecified atom stereocenters. The molecule has 2 aromatic rings. The van der Waals surface area contributed by atoms with E-state index in [1.54, 1.807) is 17.6 Å². The lowest BCUT2D eigenvalue weighted by atomic mass is 10.2. The lowest BCUT2D eigenvalue weighted by Crippen LogP contribution is -2.57. The Bertz CT molecular complexity index is 757. The van der Waals surface area contributed by atoms with Gasteiger partial charge in [-0.3, -0.25) is 14.7 Å². The Hall–Kier alpha value is -1.46. The fraction of sp³-hybridized carbons (Fsp3) is 0.471. The third-order valence-electron chi connectivity index (χ3n) is 4.24. The van der Waals surface area contributed by atoms with Crippen molar-refractivity contribution in [2.24, 2.45) is 0 Å². The van der Waals surface area contributed by atoms with Gasteiger partial charge in [-0.2, -0.15) is 13.2 Å². The van der Waals surface area contributed by atoms with Gasteiger partial charge in [0.15, 0.2) is 0 Å². The summed E-state index contributed by atoms with van der Waals surface area (Å²) in [6.45, 7) is 1.17. The van der Waals surface area contributed by atoms with Crippen molar-refractivity contribution in [3.05, 3.63) is 35.5 Å². The van der Waals surface area contributed by atoms with Crippen molar-refractivity contribution in [1.29, 1.82) is 0 Å². The number of thiazole rings is 1. The van der Waals surface area contributed by atoms with Gasteiger partial charge in [0.2, 0.25) is 5.91 Å². The maximum atomic E-state index is 13.3. The van der Waals surface area contributed by atoms with Crippen LogP contribution in [-0.2, 0) is 11.2 Å². The molecule has 12 heteroatoms. The number of aromatic nitrogens is 2. The normalized spacial score (nSPS) is 15.7. The molecule has 1 atom stereocenters. The standard InChI is InChI=1S/C17H20F3N5OS.2ClH/c18-17(19,20)14(25-7-5-21-6-8-25)10-23-15(26)9-12-11-27-16(24-12)13-3-1-2-4-22-13;;/h1-4,11,14,21H,5-10H2,(H,23,26);2*1H. The minimum absolute atomic E-state index is 0. The van der Waals surface area contributed by atoms with E-state index in [2.05, 4.69) is 20.6 Å². The van der Waals surface area contributed by atoms with Crippen LogP contribution in [0.5, 0.6) is 0 Å². The Balaban J connectivity index is 0.00000210. The van der Waals surface area contributed by atoms with Gasteiger partial charge < -0.3 is 10.6 Å². The topological polar surface area (TPSA) is 70.2 Å². The van der Waals surface area contributed by atoms with Crippen LogP contribution in [0, 0.1) is 0 Å². The Morgan fingerprint density at radius 2 is 2.00 bits per heavy atom. The average molecular weight is 472 g/mol. The van der Waals surface area contributed by atoms with Crippen LogP contribution in [-0.4, -0.2) is 65.7 Å². The van der Waals surface area contributed by atoms with E-state index in [9.17, 15) is 18.0 Å². The first-order valence-corrected chi connectivity index (χ1v) is 9.45. The second-order valence-electron chi connectivity index (χ2n) is 6.18. The van der Waals surface area contributed by atoms with Gasteiger partial charge in [-0.1, -0.05) is 6.07 Å². The summed E-state index contributed by atoms with van der Waals surface area (Å²) in [6.07, 6.45) is -2.80. The Morgan fingerprint density at radius 3 is 2.62 bits per heavy atom. The summed E-state index contributed by atoms with van der Waals surface area (Å²) in [6, 6.07) is 3.76. The minimum atomic E-state index is -4.39. The fourth-order valence-electron chi connectivity index (χ4n) is 2.88.